The fraction of sp³-hybridized carbons (Fsp3) is 0.909. The van der Waals surface area contributed by atoms with Gasteiger partial charge >= 0.3 is 12.0 Å². The van der Waals surface area contributed by atoms with Crippen molar-refractivity contribution in [1.82, 2.24) is 16.0 Å². The fourth-order valence-electron chi connectivity index (χ4n) is 8.14. The molecule has 50 heavy (non-hydrogen) atoms. The minimum absolute atomic E-state index is 0.0293. The van der Waals surface area contributed by atoms with Crippen molar-refractivity contribution in [2.75, 3.05) is 13.2 Å². The summed E-state index contributed by atoms with van der Waals surface area (Å²) in [5.74, 6) is -5.87. The Morgan fingerprint density at radius 3 is 2.06 bits per heavy atom. The van der Waals surface area contributed by atoms with E-state index in [0.29, 0.717) is 18.1 Å². The molecule has 4 fully saturated rings. The lowest BCUT2D eigenvalue weighted by molar-refractivity contribution is -0.494. The molecule has 0 bridgehead atoms. The number of nitrogens with one attached hydrogen (secondary N) is 3. The second kappa shape index (κ2) is 13.0. The number of ether oxygens (including phenoxy) is 4. The average molecular weight is 736 g/mol. The number of rotatable bonds is 11. The zero-order valence-corrected chi connectivity index (χ0v) is 31.5. The summed E-state index contributed by atoms with van der Waals surface area (Å²) in [6, 6.07) is -0.0919. The number of hydrogen-bond donors (Lipinski definition) is 9. The summed E-state index contributed by atoms with van der Waals surface area (Å²) in [5, 5.41) is 77.0. The van der Waals surface area contributed by atoms with Gasteiger partial charge in [0.25, 0.3) is 0 Å². The van der Waals surface area contributed by atoms with Gasteiger partial charge in [0, 0.05) is 25.5 Å². The van der Waals surface area contributed by atoms with Gasteiger partial charge < -0.3 is 65.5 Å². The molecule has 288 valence electrons. The van der Waals surface area contributed by atoms with Gasteiger partial charge in [-0.1, -0.05) is 6.42 Å². The monoisotopic (exact) mass is 735 g/mol. The Balaban J connectivity index is 1.65. The Bertz CT molecular complexity index is 1340. The van der Waals surface area contributed by atoms with Crippen LogP contribution in [0.15, 0.2) is 0 Å². The fourth-order valence-corrected chi connectivity index (χ4v) is 9.72. The van der Waals surface area contributed by atoms with Crippen LogP contribution in [0.3, 0.4) is 0 Å². The molecule has 0 spiro atoms. The van der Waals surface area contributed by atoms with Gasteiger partial charge in [-0.2, -0.15) is 0 Å². The van der Waals surface area contributed by atoms with Crippen LogP contribution in [0.25, 0.3) is 0 Å². The summed E-state index contributed by atoms with van der Waals surface area (Å²) < 4.78 is 25.1. The molecule has 0 saturated carbocycles. The number of urea groups is 1. The normalized spacial score (nSPS) is 50.3. The number of fused-ring (bicyclic) bond motifs is 1. The third-order valence-electron chi connectivity index (χ3n) is 12.4. The van der Waals surface area contributed by atoms with E-state index in [2.05, 4.69) is 16.0 Å². The van der Waals surface area contributed by atoms with Gasteiger partial charge in [-0.05, 0) is 74.7 Å². The quantitative estimate of drug-likeness (QED) is 0.0993. The molecule has 0 aromatic heterocycles. The molecule has 16 nitrogen and oxygen atoms in total. The molecule has 3 amide bonds. The van der Waals surface area contributed by atoms with Gasteiger partial charge in [0.2, 0.25) is 11.7 Å². The van der Waals surface area contributed by atoms with E-state index in [1.807, 2.05) is 0 Å². The number of aliphatic hydroxyl groups excluding tert-OH is 3. The summed E-state index contributed by atoms with van der Waals surface area (Å²) in [6.45, 7) is 11.0. The lowest BCUT2D eigenvalue weighted by atomic mass is 9.60. The molecule has 1 unspecified atom stereocenters. The van der Waals surface area contributed by atoms with Crippen molar-refractivity contribution in [2.24, 2.45) is 0 Å². The summed E-state index contributed by atoms with van der Waals surface area (Å²) >= 11 is 1.69. The third-order valence-corrected chi connectivity index (χ3v) is 13.9. The average Bonchev–Trinajstić information content (AvgIpc) is 3.53. The van der Waals surface area contributed by atoms with Crippen molar-refractivity contribution in [3.63, 3.8) is 0 Å². The molecule has 0 aromatic carbocycles. The van der Waals surface area contributed by atoms with Gasteiger partial charge in [0.05, 0.1) is 24.6 Å². The van der Waals surface area contributed by atoms with E-state index in [1.54, 1.807) is 11.8 Å². The van der Waals surface area contributed by atoms with Crippen LogP contribution in [-0.2, 0) is 28.5 Å². The number of aliphatic hydroxyl groups is 6. The summed E-state index contributed by atoms with van der Waals surface area (Å²) in [4.78, 5) is 37.9. The van der Waals surface area contributed by atoms with Crippen LogP contribution in [0, 0.1) is 0 Å². The van der Waals surface area contributed by atoms with Crippen LogP contribution >= 0.6 is 11.8 Å². The molecule has 4 aliphatic heterocycles. The Hall–Kier alpha value is -1.80. The molecular weight excluding hydrogens is 678 g/mol. The first-order valence-electron chi connectivity index (χ1n) is 17.1. The maximum Gasteiger partial charge on any atom is 0.316 e. The highest BCUT2D eigenvalue weighted by Gasteiger charge is 2.79. The minimum Gasteiger partial charge on any atom is -0.431 e. The first kappa shape index (κ1) is 41.0. The minimum atomic E-state index is -2.49. The highest BCUT2D eigenvalue weighted by Crippen LogP contribution is 2.58. The van der Waals surface area contributed by atoms with Crippen molar-refractivity contribution >= 4 is 29.7 Å². The lowest BCUT2D eigenvalue weighted by Gasteiger charge is -2.69. The largest absolute Gasteiger partial charge is 0.431 e. The summed E-state index contributed by atoms with van der Waals surface area (Å²) in [6.07, 6.45) is 0.896. The van der Waals surface area contributed by atoms with E-state index in [0.717, 1.165) is 26.7 Å². The van der Waals surface area contributed by atoms with E-state index in [1.165, 1.54) is 55.4 Å². The highest BCUT2D eigenvalue weighted by molar-refractivity contribution is 8.00. The molecule has 0 radical (unpaired) electrons. The number of esters is 1. The Morgan fingerprint density at radius 1 is 0.900 bits per heavy atom. The Kier molecular flexibility index (Phi) is 10.6. The number of unbranched alkanes of at least 4 members (excludes halogenated alkanes) is 1. The van der Waals surface area contributed by atoms with Gasteiger partial charge in [-0.25, -0.2) is 4.79 Å². The number of amides is 3. The van der Waals surface area contributed by atoms with E-state index in [-0.39, 0.29) is 23.9 Å². The molecular formula is C33H57N3O13S. The molecule has 4 saturated heterocycles. The standard InChI is InChI=1S/C33H57N3O13S/c1-18(39)36-28(5)27(4,49-33(10)31(8,45)30(7,44)29(6,43)26(3,17-38)48-33)23(41)25(2,16-37)47-32(28,9)46-21(40)14-12-11-13-19-15-20-22(50-19)35-24(42)34-20/h19-20,22-23,37-38,41,43-45H,11-17H2,1-10H3,(H,36,39)(H2,34,35,42)/t19?,20-,22+,23+,25+,26+,27-,28+,29-,30-,31+,32+,33-/m0/s1. The van der Waals surface area contributed by atoms with Crippen molar-refractivity contribution in [1.29, 1.82) is 0 Å². The molecule has 13 atom stereocenters. The van der Waals surface area contributed by atoms with Gasteiger partial charge in [-0.3, -0.25) is 9.59 Å². The van der Waals surface area contributed by atoms with Crippen LogP contribution in [0.5, 0.6) is 0 Å². The molecule has 0 aliphatic carbocycles. The number of hydrogen-bond acceptors (Lipinski definition) is 14. The zero-order valence-electron chi connectivity index (χ0n) is 30.7. The number of thioether (sulfide) groups is 1. The van der Waals surface area contributed by atoms with Gasteiger partial charge in [0.1, 0.15) is 45.2 Å². The predicted octanol–water partition coefficient (Wildman–Crippen LogP) is -0.118. The maximum absolute atomic E-state index is 13.5. The van der Waals surface area contributed by atoms with E-state index in [9.17, 15) is 45.0 Å². The van der Waals surface area contributed by atoms with Crippen molar-refractivity contribution < 1.29 is 64.0 Å². The van der Waals surface area contributed by atoms with Crippen LogP contribution in [-0.4, -0.2) is 135 Å². The van der Waals surface area contributed by atoms with E-state index >= 15 is 0 Å². The van der Waals surface area contributed by atoms with Crippen LogP contribution < -0.4 is 16.0 Å². The number of carbonyl (C=O) groups is 3. The van der Waals surface area contributed by atoms with E-state index in [4.69, 9.17) is 18.9 Å². The molecule has 17 heteroatoms. The molecule has 4 rings (SSSR count). The molecule has 0 aromatic rings. The van der Waals surface area contributed by atoms with Gasteiger partial charge in [0.15, 0.2) is 5.79 Å². The molecule has 4 heterocycles. The van der Waals surface area contributed by atoms with Crippen LogP contribution in [0.4, 0.5) is 4.79 Å². The second-order valence-electron chi connectivity index (χ2n) is 15.9. The molecule has 9 N–H and O–H groups in total. The zero-order chi connectivity index (χ0) is 38.1. The van der Waals surface area contributed by atoms with Gasteiger partial charge in [-0.15, -0.1) is 11.8 Å². The predicted molar refractivity (Wildman–Crippen MR) is 179 cm³/mol. The highest BCUT2D eigenvalue weighted by atomic mass is 32.2. The third kappa shape index (κ3) is 6.02. The maximum atomic E-state index is 13.5. The van der Waals surface area contributed by atoms with E-state index < -0.39 is 81.9 Å². The summed E-state index contributed by atoms with van der Waals surface area (Å²) in [7, 11) is 0. The first-order chi connectivity index (χ1) is 22.6. The van der Waals surface area contributed by atoms with Crippen LogP contribution in [0.2, 0.25) is 0 Å². The number of carbonyl (C=O) groups excluding carboxylic acids is 3. The topological polar surface area (TPSA) is 246 Å². The second-order valence-corrected chi connectivity index (χ2v) is 17.4. The van der Waals surface area contributed by atoms with Crippen molar-refractivity contribution in [2.45, 2.75) is 175 Å². The summed E-state index contributed by atoms with van der Waals surface area (Å²) in [5.41, 5.74) is -15.2. The SMILES string of the molecule is CC(=O)N[C@@]1(C)[C@](C)(OC(=O)CCCCC2C[C@@H]3NC(=O)N[C@@H]3S2)O[C@](C)(CO)[C@@H](O)[C@]1(C)O[C@]1(C)O[C@](C)(CO)[C@](C)(O)[C@](C)(O)[C@@]1(C)O. The smallest absolute Gasteiger partial charge is 0.316 e. The Labute approximate surface area is 297 Å². The van der Waals surface area contributed by atoms with Crippen LogP contribution in [0.1, 0.15) is 101 Å². The first-order valence-corrected chi connectivity index (χ1v) is 18.0. The van der Waals surface area contributed by atoms with Crippen molar-refractivity contribution in [3.8, 4) is 0 Å². The molecule has 4 aliphatic rings. The lowest BCUT2D eigenvalue weighted by Crippen LogP contribution is -2.89. The van der Waals surface area contributed by atoms with Crippen molar-refractivity contribution in [3.05, 3.63) is 0 Å². The Morgan fingerprint density at radius 2 is 1.52 bits per heavy atom.